The molecule has 1 saturated heterocycles. The van der Waals surface area contributed by atoms with Gasteiger partial charge in [0.2, 0.25) is 11.9 Å². The van der Waals surface area contributed by atoms with Crippen molar-refractivity contribution in [3.05, 3.63) is 47.7 Å². The van der Waals surface area contributed by atoms with Crippen LogP contribution in [0.4, 0.5) is 11.8 Å². The average molecular weight is 368 g/mol. The van der Waals surface area contributed by atoms with Crippen LogP contribution in [0.25, 0.3) is 0 Å². The average Bonchev–Trinajstić information content (AvgIpc) is 2.66. The molecule has 1 atom stereocenters. The molecule has 0 aliphatic carbocycles. The second-order valence-corrected chi connectivity index (χ2v) is 7.00. The van der Waals surface area contributed by atoms with Gasteiger partial charge in [0.05, 0.1) is 6.04 Å². The SMILES string of the molecule is Cc1cc(N2CCN(CCC(=O)N[C@@H](C)c3ccccc3)CC2)nc(N)n1. The van der Waals surface area contributed by atoms with Gasteiger partial charge in [-0.15, -0.1) is 0 Å². The Kier molecular flexibility index (Phi) is 6.24. The van der Waals surface area contributed by atoms with Crippen molar-refractivity contribution in [2.45, 2.75) is 26.3 Å². The van der Waals surface area contributed by atoms with Gasteiger partial charge in [0.1, 0.15) is 5.82 Å². The van der Waals surface area contributed by atoms with Gasteiger partial charge in [0.25, 0.3) is 0 Å². The topological polar surface area (TPSA) is 87.4 Å². The molecule has 27 heavy (non-hydrogen) atoms. The van der Waals surface area contributed by atoms with Crippen molar-refractivity contribution in [3.8, 4) is 0 Å². The Bertz CT molecular complexity index is 738. The molecule has 1 aliphatic heterocycles. The van der Waals surface area contributed by atoms with E-state index in [9.17, 15) is 4.79 Å². The lowest BCUT2D eigenvalue weighted by Gasteiger charge is -2.35. The third-order valence-electron chi connectivity index (χ3n) is 4.89. The van der Waals surface area contributed by atoms with Crippen LogP contribution in [0.3, 0.4) is 0 Å². The van der Waals surface area contributed by atoms with Crippen LogP contribution >= 0.6 is 0 Å². The van der Waals surface area contributed by atoms with Crippen molar-refractivity contribution in [3.63, 3.8) is 0 Å². The van der Waals surface area contributed by atoms with Crippen molar-refractivity contribution in [2.24, 2.45) is 0 Å². The summed E-state index contributed by atoms with van der Waals surface area (Å²) in [6, 6.07) is 12.0. The number of hydrogen-bond donors (Lipinski definition) is 2. The molecule has 0 unspecified atom stereocenters. The van der Waals surface area contributed by atoms with E-state index in [1.807, 2.05) is 50.2 Å². The highest BCUT2D eigenvalue weighted by Crippen LogP contribution is 2.16. The summed E-state index contributed by atoms with van der Waals surface area (Å²) < 4.78 is 0. The molecule has 3 N–H and O–H groups in total. The molecule has 1 aliphatic rings. The normalized spacial score (nSPS) is 16.1. The fourth-order valence-corrected chi connectivity index (χ4v) is 3.34. The van der Waals surface area contributed by atoms with Crippen molar-refractivity contribution in [1.29, 1.82) is 0 Å². The minimum absolute atomic E-state index is 0.0296. The van der Waals surface area contributed by atoms with E-state index in [2.05, 4.69) is 25.1 Å². The highest BCUT2D eigenvalue weighted by Gasteiger charge is 2.19. The van der Waals surface area contributed by atoms with Gasteiger partial charge in [0, 0.05) is 50.9 Å². The van der Waals surface area contributed by atoms with Crippen molar-refractivity contribution in [2.75, 3.05) is 43.4 Å². The number of nitrogens with two attached hydrogens (primary N) is 1. The molecular weight excluding hydrogens is 340 g/mol. The summed E-state index contributed by atoms with van der Waals surface area (Å²) in [5, 5.41) is 3.08. The lowest BCUT2D eigenvalue weighted by Crippen LogP contribution is -2.47. The molecule has 1 aromatic carbocycles. The van der Waals surface area contributed by atoms with Crippen LogP contribution in [0.2, 0.25) is 0 Å². The minimum atomic E-state index is 0.0296. The minimum Gasteiger partial charge on any atom is -0.368 e. The van der Waals surface area contributed by atoms with Gasteiger partial charge in [-0.25, -0.2) is 4.98 Å². The molecule has 0 spiro atoms. The number of nitrogen functional groups attached to an aromatic ring is 1. The van der Waals surface area contributed by atoms with E-state index in [0.717, 1.165) is 49.8 Å². The predicted octanol–water partition coefficient (Wildman–Crippen LogP) is 1.76. The zero-order chi connectivity index (χ0) is 19.2. The molecule has 144 valence electrons. The standard InChI is InChI=1S/C20H28N6O/c1-15-14-18(24-20(21)22-15)26-12-10-25(11-13-26)9-8-19(27)23-16(2)17-6-4-3-5-7-17/h3-7,14,16H,8-13H2,1-2H3,(H,23,27)(H2,21,22,24)/t16-/m0/s1. The summed E-state index contributed by atoms with van der Waals surface area (Å²) in [4.78, 5) is 25.2. The highest BCUT2D eigenvalue weighted by molar-refractivity contribution is 5.76. The van der Waals surface area contributed by atoms with Crippen LogP contribution in [-0.4, -0.2) is 53.5 Å². The summed E-state index contributed by atoms with van der Waals surface area (Å²) >= 11 is 0. The van der Waals surface area contributed by atoms with Gasteiger partial charge in [-0.2, -0.15) is 4.98 Å². The molecule has 1 amide bonds. The van der Waals surface area contributed by atoms with E-state index in [1.54, 1.807) is 0 Å². The zero-order valence-electron chi connectivity index (χ0n) is 16.1. The molecular formula is C20H28N6O. The maximum absolute atomic E-state index is 12.3. The Morgan fingerprint density at radius 1 is 1.19 bits per heavy atom. The quantitative estimate of drug-likeness (QED) is 0.808. The third-order valence-corrected chi connectivity index (χ3v) is 4.89. The van der Waals surface area contributed by atoms with Crippen LogP contribution in [-0.2, 0) is 4.79 Å². The molecule has 7 heteroatoms. The number of benzene rings is 1. The predicted molar refractivity (Wildman–Crippen MR) is 107 cm³/mol. The number of piperazine rings is 1. The Morgan fingerprint density at radius 2 is 1.89 bits per heavy atom. The van der Waals surface area contributed by atoms with Gasteiger partial charge < -0.3 is 16.0 Å². The highest BCUT2D eigenvalue weighted by atomic mass is 16.1. The summed E-state index contributed by atoms with van der Waals surface area (Å²) in [5.74, 6) is 1.29. The first kappa shape index (κ1) is 19.1. The number of nitrogens with zero attached hydrogens (tertiary/aromatic N) is 4. The summed E-state index contributed by atoms with van der Waals surface area (Å²) in [7, 11) is 0. The number of anilines is 2. The Morgan fingerprint density at radius 3 is 2.56 bits per heavy atom. The first-order valence-corrected chi connectivity index (χ1v) is 9.44. The van der Waals surface area contributed by atoms with Crippen LogP contribution in [0, 0.1) is 6.92 Å². The number of carbonyl (C=O) groups excluding carboxylic acids is 1. The Labute approximate surface area is 160 Å². The van der Waals surface area contributed by atoms with Crippen LogP contribution in [0.15, 0.2) is 36.4 Å². The first-order chi connectivity index (χ1) is 13.0. The molecule has 0 saturated carbocycles. The number of aryl methyl sites for hydroxylation is 1. The molecule has 3 rings (SSSR count). The van der Waals surface area contributed by atoms with Gasteiger partial charge in [-0.3, -0.25) is 9.69 Å². The van der Waals surface area contributed by atoms with E-state index in [4.69, 9.17) is 5.73 Å². The number of carbonyl (C=O) groups is 1. The lowest BCUT2D eigenvalue weighted by molar-refractivity contribution is -0.122. The Balaban J connectivity index is 1.42. The molecule has 0 radical (unpaired) electrons. The number of nitrogens with one attached hydrogen (secondary N) is 1. The van der Waals surface area contributed by atoms with Crippen molar-refractivity contribution in [1.82, 2.24) is 20.2 Å². The van der Waals surface area contributed by atoms with E-state index >= 15 is 0 Å². The van der Waals surface area contributed by atoms with Crippen LogP contribution in [0.5, 0.6) is 0 Å². The second kappa shape index (κ2) is 8.81. The largest absolute Gasteiger partial charge is 0.368 e. The lowest BCUT2D eigenvalue weighted by atomic mass is 10.1. The third kappa shape index (κ3) is 5.40. The van der Waals surface area contributed by atoms with Gasteiger partial charge >= 0.3 is 0 Å². The van der Waals surface area contributed by atoms with Gasteiger partial charge in [0.15, 0.2) is 0 Å². The molecule has 1 fully saturated rings. The molecule has 2 heterocycles. The molecule has 2 aromatic rings. The monoisotopic (exact) mass is 368 g/mol. The van der Waals surface area contributed by atoms with Crippen LogP contribution < -0.4 is 16.0 Å². The van der Waals surface area contributed by atoms with Gasteiger partial charge in [-0.05, 0) is 19.4 Å². The fraction of sp³-hybridized carbons (Fsp3) is 0.450. The Hall–Kier alpha value is -2.67. The summed E-state index contributed by atoms with van der Waals surface area (Å²) in [6.45, 7) is 8.27. The fourth-order valence-electron chi connectivity index (χ4n) is 3.34. The number of amides is 1. The zero-order valence-corrected chi connectivity index (χ0v) is 16.1. The van der Waals surface area contributed by atoms with Crippen molar-refractivity contribution < 1.29 is 4.79 Å². The van der Waals surface area contributed by atoms with Gasteiger partial charge in [-0.1, -0.05) is 30.3 Å². The first-order valence-electron chi connectivity index (χ1n) is 9.44. The van der Waals surface area contributed by atoms with Crippen molar-refractivity contribution >= 4 is 17.7 Å². The number of hydrogen-bond acceptors (Lipinski definition) is 6. The van der Waals surface area contributed by atoms with E-state index in [-0.39, 0.29) is 11.9 Å². The maximum Gasteiger partial charge on any atom is 0.222 e. The molecule has 7 nitrogen and oxygen atoms in total. The van der Waals surface area contributed by atoms with E-state index in [1.165, 1.54) is 0 Å². The molecule has 1 aromatic heterocycles. The number of aromatic nitrogens is 2. The van der Waals surface area contributed by atoms with E-state index < -0.39 is 0 Å². The molecule has 0 bridgehead atoms. The smallest absolute Gasteiger partial charge is 0.222 e. The van der Waals surface area contributed by atoms with Crippen LogP contribution in [0.1, 0.15) is 30.6 Å². The number of rotatable bonds is 6. The maximum atomic E-state index is 12.3. The second-order valence-electron chi connectivity index (χ2n) is 7.00. The summed E-state index contributed by atoms with van der Waals surface area (Å²) in [5.41, 5.74) is 7.76. The summed E-state index contributed by atoms with van der Waals surface area (Å²) in [6.07, 6.45) is 0.511. The van der Waals surface area contributed by atoms with E-state index in [0.29, 0.717) is 12.4 Å².